The van der Waals surface area contributed by atoms with Gasteiger partial charge < -0.3 is 14.6 Å². The highest BCUT2D eigenvalue weighted by Gasteiger charge is 2.11. The first-order valence-corrected chi connectivity index (χ1v) is 6.27. The Balaban J connectivity index is 2.09. The molecule has 20 heavy (non-hydrogen) atoms. The SMILES string of the molecule is CC(Cc1ccco1)Nc1nc(NN)nc(N(C)C)n1. The van der Waals surface area contributed by atoms with Crippen LogP contribution in [0.1, 0.15) is 12.7 Å². The van der Waals surface area contributed by atoms with E-state index >= 15 is 0 Å². The maximum Gasteiger partial charge on any atom is 0.243 e. The molecule has 1 atom stereocenters. The van der Waals surface area contributed by atoms with E-state index in [9.17, 15) is 0 Å². The zero-order chi connectivity index (χ0) is 14.5. The van der Waals surface area contributed by atoms with Crippen molar-refractivity contribution in [1.29, 1.82) is 0 Å². The van der Waals surface area contributed by atoms with Gasteiger partial charge in [0.1, 0.15) is 5.76 Å². The minimum atomic E-state index is 0.115. The molecule has 2 rings (SSSR count). The van der Waals surface area contributed by atoms with Crippen molar-refractivity contribution in [3.05, 3.63) is 24.2 Å². The summed E-state index contributed by atoms with van der Waals surface area (Å²) in [6.45, 7) is 2.02. The summed E-state index contributed by atoms with van der Waals surface area (Å²) in [5.74, 6) is 7.58. The van der Waals surface area contributed by atoms with Crippen LogP contribution >= 0.6 is 0 Å². The van der Waals surface area contributed by atoms with E-state index in [0.29, 0.717) is 17.8 Å². The summed E-state index contributed by atoms with van der Waals surface area (Å²) < 4.78 is 5.31. The first kappa shape index (κ1) is 14.1. The summed E-state index contributed by atoms with van der Waals surface area (Å²) in [6, 6.07) is 3.92. The Hall–Kier alpha value is -2.35. The van der Waals surface area contributed by atoms with Gasteiger partial charge in [-0.05, 0) is 19.1 Å². The van der Waals surface area contributed by atoms with Gasteiger partial charge in [0, 0.05) is 26.6 Å². The Labute approximate surface area is 117 Å². The summed E-state index contributed by atoms with van der Waals surface area (Å²) in [4.78, 5) is 14.4. The number of nitrogens with zero attached hydrogens (tertiary/aromatic N) is 4. The van der Waals surface area contributed by atoms with Crippen molar-refractivity contribution in [2.45, 2.75) is 19.4 Å². The van der Waals surface area contributed by atoms with Crippen LogP contribution in [0.25, 0.3) is 0 Å². The van der Waals surface area contributed by atoms with Gasteiger partial charge in [0.15, 0.2) is 0 Å². The quantitative estimate of drug-likeness (QED) is 0.527. The Kier molecular flexibility index (Phi) is 4.36. The van der Waals surface area contributed by atoms with Crippen LogP contribution in [0.5, 0.6) is 0 Å². The Morgan fingerprint density at radius 2 is 2.05 bits per heavy atom. The van der Waals surface area contributed by atoms with Gasteiger partial charge in [-0.1, -0.05) is 0 Å². The smallest absolute Gasteiger partial charge is 0.243 e. The summed E-state index contributed by atoms with van der Waals surface area (Å²) in [6.07, 6.45) is 2.40. The van der Waals surface area contributed by atoms with E-state index in [0.717, 1.165) is 12.2 Å². The van der Waals surface area contributed by atoms with Crippen molar-refractivity contribution in [3.63, 3.8) is 0 Å². The molecule has 4 N–H and O–H groups in total. The maximum atomic E-state index is 5.36. The molecule has 2 heterocycles. The molecule has 0 aromatic carbocycles. The lowest BCUT2D eigenvalue weighted by molar-refractivity contribution is 0.497. The Morgan fingerprint density at radius 1 is 1.30 bits per heavy atom. The van der Waals surface area contributed by atoms with Crippen LogP contribution < -0.4 is 21.5 Å². The van der Waals surface area contributed by atoms with Crippen molar-refractivity contribution in [2.24, 2.45) is 5.84 Å². The second-order valence-corrected chi connectivity index (χ2v) is 4.65. The zero-order valence-corrected chi connectivity index (χ0v) is 11.8. The van der Waals surface area contributed by atoms with E-state index in [4.69, 9.17) is 10.3 Å². The zero-order valence-electron chi connectivity index (χ0n) is 11.8. The van der Waals surface area contributed by atoms with Gasteiger partial charge in [-0.3, -0.25) is 5.43 Å². The molecule has 0 aliphatic heterocycles. The standard InChI is InChI=1S/C12H19N7O/c1-8(7-9-5-4-6-20-9)14-10-15-11(18-13)17-12(16-10)19(2)3/h4-6,8H,7,13H2,1-3H3,(H2,14,15,16,17,18). The van der Waals surface area contributed by atoms with Crippen molar-refractivity contribution >= 4 is 17.8 Å². The van der Waals surface area contributed by atoms with Gasteiger partial charge in [-0.25, -0.2) is 5.84 Å². The third-order valence-electron chi connectivity index (χ3n) is 2.62. The summed E-state index contributed by atoms with van der Waals surface area (Å²) in [5, 5.41) is 3.21. The molecule has 0 amide bonds. The molecule has 0 aliphatic carbocycles. The molecule has 8 heteroatoms. The number of hydrogen-bond acceptors (Lipinski definition) is 8. The highest BCUT2D eigenvalue weighted by atomic mass is 16.3. The van der Waals surface area contributed by atoms with E-state index in [1.165, 1.54) is 0 Å². The van der Waals surface area contributed by atoms with Gasteiger partial charge in [0.05, 0.1) is 6.26 Å². The highest BCUT2D eigenvalue weighted by molar-refractivity contribution is 5.42. The fourth-order valence-corrected chi connectivity index (χ4v) is 1.70. The van der Waals surface area contributed by atoms with Crippen molar-refractivity contribution in [2.75, 3.05) is 29.7 Å². The van der Waals surface area contributed by atoms with Crippen LogP contribution in [0.15, 0.2) is 22.8 Å². The lowest BCUT2D eigenvalue weighted by atomic mass is 10.2. The van der Waals surface area contributed by atoms with Gasteiger partial charge >= 0.3 is 0 Å². The van der Waals surface area contributed by atoms with Crippen molar-refractivity contribution in [3.8, 4) is 0 Å². The molecular weight excluding hydrogens is 258 g/mol. The highest BCUT2D eigenvalue weighted by Crippen LogP contribution is 2.13. The van der Waals surface area contributed by atoms with E-state index in [2.05, 4.69) is 25.7 Å². The Bertz CT molecular complexity index is 541. The summed E-state index contributed by atoms with van der Waals surface area (Å²) >= 11 is 0. The average Bonchev–Trinajstić information content (AvgIpc) is 2.90. The number of nitrogens with one attached hydrogen (secondary N) is 2. The largest absolute Gasteiger partial charge is 0.469 e. The molecule has 0 saturated heterocycles. The third kappa shape index (κ3) is 3.58. The predicted octanol–water partition coefficient (Wildman–Crippen LogP) is 0.859. The molecule has 0 spiro atoms. The van der Waals surface area contributed by atoms with Gasteiger partial charge in [-0.2, -0.15) is 15.0 Å². The molecule has 2 aromatic heterocycles. The first-order chi connectivity index (χ1) is 9.58. The minimum Gasteiger partial charge on any atom is -0.469 e. The molecule has 0 saturated carbocycles. The normalized spacial score (nSPS) is 12.0. The fraction of sp³-hybridized carbons (Fsp3) is 0.417. The van der Waals surface area contributed by atoms with Crippen LogP contribution in [-0.2, 0) is 6.42 Å². The molecule has 0 radical (unpaired) electrons. The summed E-state index contributed by atoms with van der Waals surface area (Å²) in [5.41, 5.74) is 2.43. The fourth-order valence-electron chi connectivity index (χ4n) is 1.70. The second-order valence-electron chi connectivity index (χ2n) is 4.65. The lowest BCUT2D eigenvalue weighted by Crippen LogP contribution is -2.23. The average molecular weight is 277 g/mol. The monoisotopic (exact) mass is 277 g/mol. The number of nitrogens with two attached hydrogens (primary N) is 1. The van der Waals surface area contributed by atoms with Crippen LogP contribution in [0, 0.1) is 0 Å². The Morgan fingerprint density at radius 3 is 2.65 bits per heavy atom. The van der Waals surface area contributed by atoms with Gasteiger partial charge in [-0.15, -0.1) is 0 Å². The van der Waals surface area contributed by atoms with E-state index in [-0.39, 0.29) is 6.04 Å². The molecule has 0 fully saturated rings. The topological polar surface area (TPSA) is 105 Å². The van der Waals surface area contributed by atoms with Crippen LogP contribution in [0.2, 0.25) is 0 Å². The number of nitrogen functional groups attached to an aromatic ring is 1. The third-order valence-corrected chi connectivity index (χ3v) is 2.62. The predicted molar refractivity (Wildman–Crippen MR) is 77.5 cm³/mol. The van der Waals surface area contributed by atoms with Crippen molar-refractivity contribution < 1.29 is 4.42 Å². The number of hydrazine groups is 1. The van der Waals surface area contributed by atoms with E-state index in [1.807, 2.05) is 33.2 Å². The molecule has 8 nitrogen and oxygen atoms in total. The molecule has 2 aromatic rings. The molecule has 0 bridgehead atoms. The minimum absolute atomic E-state index is 0.115. The molecular formula is C12H19N7O. The molecule has 108 valence electrons. The molecule has 0 aliphatic rings. The molecule has 1 unspecified atom stereocenters. The number of rotatable bonds is 6. The van der Waals surface area contributed by atoms with Crippen LogP contribution in [0.3, 0.4) is 0 Å². The summed E-state index contributed by atoms with van der Waals surface area (Å²) in [7, 11) is 3.71. The van der Waals surface area contributed by atoms with Gasteiger partial charge in [0.25, 0.3) is 0 Å². The number of aromatic nitrogens is 3. The number of anilines is 3. The number of hydrogen-bond donors (Lipinski definition) is 3. The van der Waals surface area contributed by atoms with Crippen LogP contribution in [-0.4, -0.2) is 35.1 Å². The van der Waals surface area contributed by atoms with Crippen LogP contribution in [0.4, 0.5) is 17.8 Å². The number of furan rings is 1. The lowest BCUT2D eigenvalue weighted by Gasteiger charge is -2.16. The van der Waals surface area contributed by atoms with E-state index < -0.39 is 0 Å². The van der Waals surface area contributed by atoms with Gasteiger partial charge in [0.2, 0.25) is 17.8 Å². The maximum absolute atomic E-state index is 5.36. The second kappa shape index (κ2) is 6.20. The van der Waals surface area contributed by atoms with E-state index in [1.54, 1.807) is 11.2 Å². The first-order valence-electron chi connectivity index (χ1n) is 6.27. The van der Waals surface area contributed by atoms with Crippen molar-refractivity contribution in [1.82, 2.24) is 15.0 Å².